The molecule has 1 amide bonds. The van der Waals surface area contributed by atoms with E-state index in [0.29, 0.717) is 6.42 Å². The summed E-state index contributed by atoms with van der Waals surface area (Å²) >= 11 is 0. The highest BCUT2D eigenvalue weighted by Crippen LogP contribution is 2.34. The van der Waals surface area contributed by atoms with Crippen molar-refractivity contribution in [1.29, 1.82) is 0 Å². The molecule has 0 spiro atoms. The Morgan fingerprint density at radius 2 is 1.92 bits per heavy atom. The molecule has 0 aliphatic rings. The zero-order valence-electron chi connectivity index (χ0n) is 14.4. The van der Waals surface area contributed by atoms with Gasteiger partial charge in [-0.1, -0.05) is 26.3 Å². The zero-order chi connectivity index (χ0) is 18.5. The fourth-order valence-electron chi connectivity index (χ4n) is 2.13. The Balaban J connectivity index is 2.93. The number of alkyl halides is 3. The smallest absolute Gasteiger partial charge is 0.416 e. The van der Waals surface area contributed by atoms with Gasteiger partial charge in [-0.15, -0.1) is 0 Å². The maximum Gasteiger partial charge on any atom is 0.416 e. The minimum absolute atomic E-state index is 0.0247. The Morgan fingerprint density at radius 1 is 1.29 bits per heavy atom. The average Bonchev–Trinajstić information content (AvgIpc) is 2.50. The topological polar surface area (TPSA) is 64.4 Å². The second kappa shape index (κ2) is 8.37. The van der Waals surface area contributed by atoms with Crippen LogP contribution in [0.4, 0.5) is 13.2 Å². The molecule has 1 aromatic carbocycles. The molecule has 24 heavy (non-hydrogen) atoms. The molecular formula is C17H25F3N2O2. The number of nitrogens with one attached hydrogen (secondary N) is 1. The molecule has 0 heterocycles. The first kappa shape index (κ1) is 20.3. The molecule has 0 aliphatic heterocycles. The fraction of sp³-hybridized carbons (Fsp3) is 0.588. The Morgan fingerprint density at radius 3 is 2.42 bits per heavy atom. The molecule has 1 rings (SSSR count). The van der Waals surface area contributed by atoms with Gasteiger partial charge in [0.1, 0.15) is 5.75 Å². The summed E-state index contributed by atoms with van der Waals surface area (Å²) < 4.78 is 45.0. The maximum atomic E-state index is 13.2. The first-order valence-corrected chi connectivity index (χ1v) is 7.96. The van der Waals surface area contributed by atoms with Crippen molar-refractivity contribution in [2.75, 3.05) is 0 Å². The molecule has 0 bridgehead atoms. The van der Waals surface area contributed by atoms with E-state index in [1.165, 1.54) is 12.1 Å². The molecule has 1 aromatic rings. The summed E-state index contributed by atoms with van der Waals surface area (Å²) in [7, 11) is 0. The highest BCUT2D eigenvalue weighted by atomic mass is 19.4. The fourth-order valence-corrected chi connectivity index (χ4v) is 2.13. The van der Waals surface area contributed by atoms with Gasteiger partial charge < -0.3 is 15.8 Å². The summed E-state index contributed by atoms with van der Waals surface area (Å²) in [5, 5.41) is 2.48. The van der Waals surface area contributed by atoms with Crippen molar-refractivity contribution < 1.29 is 22.7 Å². The van der Waals surface area contributed by atoms with Crippen LogP contribution in [0.25, 0.3) is 0 Å². The summed E-state index contributed by atoms with van der Waals surface area (Å²) in [6, 6.07) is 2.99. The minimum Gasteiger partial charge on any atom is -0.491 e. The van der Waals surface area contributed by atoms with Crippen LogP contribution in [0.15, 0.2) is 18.2 Å². The number of hydrogen-bond donors (Lipinski definition) is 2. The number of rotatable bonds is 7. The van der Waals surface area contributed by atoms with Gasteiger partial charge in [-0.25, -0.2) is 0 Å². The summed E-state index contributed by atoms with van der Waals surface area (Å²) in [4.78, 5) is 11.9. The van der Waals surface area contributed by atoms with E-state index in [0.717, 1.165) is 6.07 Å². The van der Waals surface area contributed by atoms with E-state index in [1.807, 2.05) is 13.8 Å². The lowest BCUT2D eigenvalue weighted by Gasteiger charge is -2.20. The standard InChI is InChI=1S/C17H25F3N2O2/c1-5-11(4)15(21)16(23)22-9-12-6-7-13(24-10(2)3)8-14(12)17(18,19)20/h6-8,10-11,15H,5,9,21H2,1-4H3,(H,22,23). The summed E-state index contributed by atoms with van der Waals surface area (Å²) in [6.07, 6.45) is -4.05. The number of halogens is 3. The number of carbonyl (C=O) groups excluding carboxylic acids is 1. The Bertz CT molecular complexity index is 559. The third kappa shape index (κ3) is 5.70. The van der Waals surface area contributed by atoms with Crippen LogP contribution in [-0.4, -0.2) is 18.1 Å². The molecule has 0 radical (unpaired) electrons. The highest BCUT2D eigenvalue weighted by Gasteiger charge is 2.34. The van der Waals surface area contributed by atoms with E-state index in [9.17, 15) is 18.0 Å². The predicted molar refractivity (Wildman–Crippen MR) is 86.5 cm³/mol. The molecular weight excluding hydrogens is 321 g/mol. The molecule has 2 atom stereocenters. The van der Waals surface area contributed by atoms with E-state index in [1.54, 1.807) is 13.8 Å². The second-order valence-electron chi connectivity index (χ2n) is 6.11. The van der Waals surface area contributed by atoms with Crippen LogP contribution in [0.5, 0.6) is 5.75 Å². The van der Waals surface area contributed by atoms with Crippen LogP contribution in [-0.2, 0) is 17.5 Å². The number of nitrogens with two attached hydrogens (primary N) is 1. The molecule has 4 nitrogen and oxygen atoms in total. The molecule has 0 saturated carbocycles. The van der Waals surface area contributed by atoms with Crippen molar-refractivity contribution in [3.63, 3.8) is 0 Å². The van der Waals surface area contributed by atoms with Gasteiger partial charge in [-0.05, 0) is 37.5 Å². The third-order valence-corrected chi connectivity index (χ3v) is 3.77. The molecule has 2 unspecified atom stereocenters. The van der Waals surface area contributed by atoms with Crippen LogP contribution in [0, 0.1) is 5.92 Å². The Hall–Kier alpha value is -1.76. The van der Waals surface area contributed by atoms with Gasteiger partial charge >= 0.3 is 6.18 Å². The van der Waals surface area contributed by atoms with E-state index in [2.05, 4.69) is 5.32 Å². The van der Waals surface area contributed by atoms with Gasteiger partial charge in [0, 0.05) is 6.54 Å². The highest BCUT2D eigenvalue weighted by molar-refractivity contribution is 5.81. The SMILES string of the molecule is CCC(C)C(N)C(=O)NCc1ccc(OC(C)C)cc1C(F)(F)F. The lowest BCUT2D eigenvalue weighted by atomic mass is 9.99. The first-order valence-electron chi connectivity index (χ1n) is 7.96. The minimum atomic E-state index is -4.53. The molecule has 3 N–H and O–H groups in total. The van der Waals surface area contributed by atoms with Gasteiger partial charge in [0.2, 0.25) is 5.91 Å². The van der Waals surface area contributed by atoms with Crippen LogP contribution >= 0.6 is 0 Å². The van der Waals surface area contributed by atoms with Crippen molar-refractivity contribution in [1.82, 2.24) is 5.32 Å². The second-order valence-corrected chi connectivity index (χ2v) is 6.11. The lowest BCUT2D eigenvalue weighted by molar-refractivity contribution is -0.138. The van der Waals surface area contributed by atoms with Crippen molar-refractivity contribution in [2.24, 2.45) is 11.7 Å². The lowest BCUT2D eigenvalue weighted by Crippen LogP contribution is -2.44. The maximum absolute atomic E-state index is 13.2. The van der Waals surface area contributed by atoms with Crippen LogP contribution < -0.4 is 15.8 Å². The molecule has 0 saturated heterocycles. The molecule has 0 fully saturated rings. The summed E-state index contributed by atoms with van der Waals surface area (Å²) in [6.45, 7) is 6.95. The van der Waals surface area contributed by atoms with Crippen molar-refractivity contribution >= 4 is 5.91 Å². The number of ether oxygens (including phenoxy) is 1. The largest absolute Gasteiger partial charge is 0.491 e. The average molecular weight is 346 g/mol. The monoisotopic (exact) mass is 346 g/mol. The van der Waals surface area contributed by atoms with E-state index in [4.69, 9.17) is 10.5 Å². The Labute approximate surface area is 140 Å². The van der Waals surface area contributed by atoms with Crippen molar-refractivity contribution in [3.8, 4) is 5.75 Å². The number of benzene rings is 1. The van der Waals surface area contributed by atoms with Gasteiger partial charge in [0.25, 0.3) is 0 Å². The predicted octanol–water partition coefficient (Wildman–Crippen LogP) is 3.48. The zero-order valence-corrected chi connectivity index (χ0v) is 14.4. The van der Waals surface area contributed by atoms with Crippen molar-refractivity contribution in [3.05, 3.63) is 29.3 Å². The number of hydrogen-bond acceptors (Lipinski definition) is 3. The number of carbonyl (C=O) groups is 1. The van der Waals surface area contributed by atoms with Gasteiger partial charge in [0.15, 0.2) is 0 Å². The molecule has 0 aromatic heterocycles. The normalized spacial score (nSPS) is 14.4. The third-order valence-electron chi connectivity index (χ3n) is 3.77. The number of amides is 1. The van der Waals surface area contributed by atoms with Gasteiger partial charge in [0.05, 0.1) is 17.7 Å². The Kier molecular flexibility index (Phi) is 7.08. The van der Waals surface area contributed by atoms with Gasteiger partial charge in [-0.2, -0.15) is 13.2 Å². The first-order chi connectivity index (χ1) is 11.1. The molecule has 7 heteroatoms. The van der Waals surface area contributed by atoms with E-state index < -0.39 is 23.7 Å². The van der Waals surface area contributed by atoms with Crippen LogP contribution in [0.2, 0.25) is 0 Å². The van der Waals surface area contributed by atoms with E-state index >= 15 is 0 Å². The summed E-state index contributed by atoms with van der Waals surface area (Å²) in [5.41, 5.74) is 4.94. The molecule has 0 aliphatic carbocycles. The molecule has 136 valence electrons. The van der Waals surface area contributed by atoms with Crippen LogP contribution in [0.1, 0.15) is 45.2 Å². The quantitative estimate of drug-likeness (QED) is 0.794. The van der Waals surface area contributed by atoms with Crippen LogP contribution in [0.3, 0.4) is 0 Å². The summed E-state index contributed by atoms with van der Waals surface area (Å²) in [5.74, 6) is -0.363. The van der Waals surface area contributed by atoms with E-state index in [-0.39, 0.29) is 29.9 Å². The van der Waals surface area contributed by atoms with Crippen molar-refractivity contribution in [2.45, 2.75) is 59.0 Å². The van der Waals surface area contributed by atoms with Gasteiger partial charge in [-0.3, -0.25) is 4.79 Å².